The van der Waals surface area contributed by atoms with Crippen LogP contribution in [0.4, 0.5) is 4.39 Å². The summed E-state index contributed by atoms with van der Waals surface area (Å²) in [6, 6.07) is 1.08. The Morgan fingerprint density at radius 3 is 2.74 bits per heavy atom. The fraction of sp³-hybridized carbons (Fsp3) is 0.182. The summed E-state index contributed by atoms with van der Waals surface area (Å²) in [6.45, 7) is 1.58. The average molecular weight is 282 g/mol. The van der Waals surface area contributed by atoms with Crippen LogP contribution in [0.3, 0.4) is 0 Å². The number of aliphatic hydroxyl groups is 1. The van der Waals surface area contributed by atoms with E-state index in [9.17, 15) is 19.1 Å². The molecule has 0 amide bonds. The van der Waals surface area contributed by atoms with Crippen molar-refractivity contribution < 1.29 is 23.8 Å². The first-order valence-corrected chi connectivity index (χ1v) is 5.26. The van der Waals surface area contributed by atoms with Gasteiger partial charge in [-0.3, -0.25) is 4.79 Å². The monoisotopic (exact) mass is 281 g/mol. The summed E-state index contributed by atoms with van der Waals surface area (Å²) in [5.74, 6) is -3.58. The van der Waals surface area contributed by atoms with E-state index in [0.29, 0.717) is 6.08 Å². The number of carbonyl (C=O) groups excluding carboxylic acids is 2. The van der Waals surface area contributed by atoms with Crippen LogP contribution in [0, 0.1) is 5.95 Å². The van der Waals surface area contributed by atoms with Crippen molar-refractivity contribution >= 4 is 48.0 Å². The number of hydrogen-bond donors (Lipinski definition) is 1. The van der Waals surface area contributed by atoms with Crippen molar-refractivity contribution in [3.8, 4) is 0 Å². The summed E-state index contributed by atoms with van der Waals surface area (Å²) in [6.07, 6.45) is 1.63. The summed E-state index contributed by atoms with van der Waals surface area (Å²) in [4.78, 5) is 25.5. The molecule has 0 aromatic carbocycles. The van der Waals surface area contributed by atoms with E-state index >= 15 is 0 Å². The van der Waals surface area contributed by atoms with Gasteiger partial charge < -0.3 is 9.84 Å². The van der Waals surface area contributed by atoms with Crippen LogP contribution < -0.4 is 0 Å². The van der Waals surface area contributed by atoms with Gasteiger partial charge in [-0.2, -0.15) is 4.39 Å². The Hall–Kier alpha value is -1.35. The fourth-order valence-corrected chi connectivity index (χ4v) is 1.20. The Morgan fingerprint density at radius 1 is 1.58 bits per heavy atom. The maximum atomic E-state index is 12.8. The number of halogens is 2. The van der Waals surface area contributed by atoms with Crippen LogP contribution in [0.1, 0.15) is 12.5 Å². The maximum absolute atomic E-state index is 12.8. The molecule has 0 aliphatic carbocycles. The minimum absolute atomic E-state index is 0. The zero-order valence-electron chi connectivity index (χ0n) is 9.31. The number of carbonyl (C=O) groups is 2. The first-order chi connectivity index (χ1) is 8.45. The number of hydrogen-bond acceptors (Lipinski definition) is 5. The van der Waals surface area contributed by atoms with Crippen LogP contribution in [-0.4, -0.2) is 47.3 Å². The predicted molar refractivity (Wildman–Crippen MR) is 68.6 cm³/mol. The minimum atomic E-state index is -1.09. The molecule has 8 heteroatoms. The zero-order chi connectivity index (χ0) is 13.7. The standard InChI is InChI=1S/C11H9ClFNO4.Li.H/c1-2-18-11(17)9(16)4-8(15)6-3-7(12)10(13)14-5-6;;/h3-5,15H,2H2,1H3;;. The summed E-state index contributed by atoms with van der Waals surface area (Å²) >= 11 is 5.45. The normalized spacial score (nSPS) is 10.6. The van der Waals surface area contributed by atoms with Crippen molar-refractivity contribution in [1.82, 2.24) is 4.98 Å². The van der Waals surface area contributed by atoms with Gasteiger partial charge in [0.25, 0.3) is 5.78 Å². The molecule has 1 aromatic heterocycles. The molecule has 0 bridgehead atoms. The number of esters is 1. The molecule has 1 heterocycles. The van der Waals surface area contributed by atoms with Crippen LogP contribution in [0.15, 0.2) is 18.3 Å². The molecular formula is C11H10ClFLiNO4. The van der Waals surface area contributed by atoms with Gasteiger partial charge in [0.1, 0.15) is 5.76 Å². The fourth-order valence-electron chi connectivity index (χ4n) is 1.03. The SMILES string of the molecule is CCOC(=O)C(=O)C=C(O)c1cnc(F)c(Cl)c1.[LiH]. The Balaban J connectivity index is 0.00000324. The van der Waals surface area contributed by atoms with Crippen molar-refractivity contribution in [3.63, 3.8) is 0 Å². The van der Waals surface area contributed by atoms with Gasteiger partial charge in [0, 0.05) is 17.8 Å². The molecular weight excluding hydrogens is 272 g/mol. The van der Waals surface area contributed by atoms with Crippen molar-refractivity contribution in [2.24, 2.45) is 0 Å². The van der Waals surface area contributed by atoms with Gasteiger partial charge in [-0.25, -0.2) is 9.78 Å². The number of rotatable bonds is 4. The first kappa shape index (κ1) is 17.6. The third-order valence-corrected chi connectivity index (χ3v) is 2.10. The summed E-state index contributed by atoms with van der Waals surface area (Å²) in [5.41, 5.74) is 0.0130. The van der Waals surface area contributed by atoms with Gasteiger partial charge >= 0.3 is 24.8 Å². The second kappa shape index (κ2) is 7.95. The number of aromatic nitrogens is 1. The summed E-state index contributed by atoms with van der Waals surface area (Å²) in [5, 5.41) is 9.23. The van der Waals surface area contributed by atoms with Crippen molar-refractivity contribution in [2.75, 3.05) is 6.61 Å². The second-order valence-electron chi connectivity index (χ2n) is 3.11. The van der Waals surface area contributed by atoms with Gasteiger partial charge in [-0.15, -0.1) is 0 Å². The van der Waals surface area contributed by atoms with Gasteiger partial charge in [0.15, 0.2) is 0 Å². The molecule has 1 N–H and O–H groups in total. The molecule has 0 unspecified atom stereocenters. The third-order valence-electron chi connectivity index (χ3n) is 1.84. The Labute approximate surface area is 125 Å². The Morgan fingerprint density at radius 2 is 2.21 bits per heavy atom. The van der Waals surface area contributed by atoms with Crippen LogP contribution in [0.2, 0.25) is 5.02 Å². The molecule has 0 fully saturated rings. The average Bonchev–Trinajstić information content (AvgIpc) is 2.32. The van der Waals surface area contributed by atoms with E-state index in [1.807, 2.05) is 0 Å². The van der Waals surface area contributed by atoms with Gasteiger partial charge in [0.05, 0.1) is 11.6 Å². The molecule has 0 spiro atoms. The van der Waals surface area contributed by atoms with E-state index in [-0.39, 0.29) is 36.1 Å². The van der Waals surface area contributed by atoms with E-state index < -0.39 is 23.5 Å². The molecule has 0 atom stereocenters. The van der Waals surface area contributed by atoms with Crippen LogP contribution in [0.5, 0.6) is 0 Å². The molecule has 1 rings (SSSR count). The first-order valence-electron chi connectivity index (χ1n) is 4.88. The van der Waals surface area contributed by atoms with Crippen LogP contribution in [0.25, 0.3) is 5.76 Å². The summed E-state index contributed by atoms with van der Waals surface area (Å²) in [7, 11) is 0. The van der Waals surface area contributed by atoms with Gasteiger partial charge in [-0.05, 0) is 13.0 Å². The predicted octanol–water partition coefficient (Wildman–Crippen LogP) is 1.26. The molecule has 1 aromatic rings. The van der Waals surface area contributed by atoms with E-state index in [1.165, 1.54) is 0 Å². The molecule has 19 heavy (non-hydrogen) atoms. The van der Waals surface area contributed by atoms with Crippen LogP contribution in [-0.2, 0) is 14.3 Å². The molecule has 98 valence electrons. The van der Waals surface area contributed by atoms with E-state index in [2.05, 4.69) is 9.72 Å². The molecule has 0 radical (unpaired) electrons. The Kier molecular flexibility index (Phi) is 7.38. The number of ether oxygens (including phenoxy) is 1. The number of pyridine rings is 1. The summed E-state index contributed by atoms with van der Waals surface area (Å²) < 4.78 is 17.2. The van der Waals surface area contributed by atoms with Crippen molar-refractivity contribution in [3.05, 3.63) is 34.9 Å². The third kappa shape index (κ3) is 5.03. The van der Waals surface area contributed by atoms with Crippen LogP contribution >= 0.6 is 11.6 Å². The molecule has 0 saturated heterocycles. The molecule has 5 nitrogen and oxygen atoms in total. The number of aliphatic hydroxyl groups excluding tert-OH is 1. The topological polar surface area (TPSA) is 76.5 Å². The van der Waals surface area contributed by atoms with E-state index in [1.54, 1.807) is 6.92 Å². The van der Waals surface area contributed by atoms with E-state index in [4.69, 9.17) is 11.6 Å². The van der Waals surface area contributed by atoms with E-state index in [0.717, 1.165) is 12.3 Å². The van der Waals surface area contributed by atoms with Crippen molar-refractivity contribution in [1.29, 1.82) is 0 Å². The molecule has 0 saturated carbocycles. The molecule has 0 aliphatic heterocycles. The van der Waals surface area contributed by atoms with Gasteiger partial charge in [-0.1, -0.05) is 11.6 Å². The molecule has 0 aliphatic rings. The quantitative estimate of drug-likeness (QED) is 0.224. The van der Waals surface area contributed by atoms with Gasteiger partial charge in [0.2, 0.25) is 5.95 Å². The van der Waals surface area contributed by atoms with Crippen molar-refractivity contribution in [2.45, 2.75) is 6.92 Å². The number of ketones is 1. The Bertz CT molecular complexity index is 521. The second-order valence-corrected chi connectivity index (χ2v) is 3.52. The number of nitrogens with zero attached hydrogens (tertiary/aromatic N) is 1. The zero-order valence-corrected chi connectivity index (χ0v) is 10.1.